The predicted molar refractivity (Wildman–Crippen MR) is 88.8 cm³/mol. The summed E-state index contributed by atoms with van der Waals surface area (Å²) in [5.74, 6) is 1.01. The maximum atomic E-state index is 8.75. The van der Waals surface area contributed by atoms with Gasteiger partial charge < -0.3 is 15.2 Å². The van der Waals surface area contributed by atoms with Crippen molar-refractivity contribution in [3.8, 4) is 5.88 Å². The van der Waals surface area contributed by atoms with Crippen LogP contribution in [0.25, 0.3) is 10.1 Å². The van der Waals surface area contributed by atoms with E-state index in [1.54, 1.807) is 17.5 Å². The second-order valence-electron chi connectivity index (χ2n) is 4.57. The van der Waals surface area contributed by atoms with Crippen LogP contribution in [0.3, 0.4) is 0 Å². The number of benzene rings is 1. The lowest BCUT2D eigenvalue weighted by Gasteiger charge is -2.07. The largest absolute Gasteiger partial charge is 0.474 e. The quantitative estimate of drug-likeness (QED) is 0.723. The van der Waals surface area contributed by atoms with E-state index in [2.05, 4.69) is 20.7 Å². The molecule has 0 aliphatic rings. The molecule has 1 aromatic carbocycles. The number of ether oxygens (including phenoxy) is 1. The molecule has 114 valence electrons. The molecule has 0 spiro atoms. The number of rotatable bonds is 6. The van der Waals surface area contributed by atoms with E-state index < -0.39 is 0 Å². The van der Waals surface area contributed by atoms with Crippen LogP contribution in [-0.2, 0) is 6.54 Å². The average Bonchev–Trinajstić information content (AvgIpc) is 2.93. The number of aliphatic hydroxyl groups excluding tert-OH is 1. The van der Waals surface area contributed by atoms with Crippen molar-refractivity contribution in [1.29, 1.82) is 0 Å². The fourth-order valence-electron chi connectivity index (χ4n) is 2.03. The van der Waals surface area contributed by atoms with Crippen LogP contribution in [0.1, 0.15) is 5.56 Å². The van der Waals surface area contributed by atoms with Gasteiger partial charge in [0.25, 0.3) is 0 Å². The lowest BCUT2D eigenvalue weighted by atomic mass is 10.2. The first-order chi connectivity index (χ1) is 10.8. The third-order valence-electron chi connectivity index (χ3n) is 3.03. The number of thiophene rings is 1. The molecular weight excluding hydrogens is 322 g/mol. The molecule has 0 atom stereocenters. The number of aliphatic hydroxyl groups is 1. The first kappa shape index (κ1) is 15.0. The van der Waals surface area contributed by atoms with E-state index in [4.69, 9.17) is 21.4 Å². The van der Waals surface area contributed by atoms with Crippen LogP contribution >= 0.6 is 22.9 Å². The molecule has 3 aromatic rings. The Balaban J connectivity index is 1.72. The SMILES string of the molecule is OCCOc1cncc(NCc2csc3ccc(Cl)cc23)n1. The van der Waals surface area contributed by atoms with Gasteiger partial charge in [-0.05, 0) is 34.5 Å². The molecule has 22 heavy (non-hydrogen) atoms. The van der Waals surface area contributed by atoms with Gasteiger partial charge >= 0.3 is 0 Å². The van der Waals surface area contributed by atoms with Gasteiger partial charge in [-0.25, -0.2) is 0 Å². The number of nitrogens with zero attached hydrogens (tertiary/aromatic N) is 2. The van der Waals surface area contributed by atoms with Gasteiger partial charge in [-0.2, -0.15) is 4.98 Å². The van der Waals surface area contributed by atoms with Crippen molar-refractivity contribution in [3.05, 3.63) is 46.6 Å². The minimum atomic E-state index is -0.0546. The number of hydrogen-bond donors (Lipinski definition) is 2. The van der Waals surface area contributed by atoms with E-state index in [0.29, 0.717) is 18.2 Å². The number of anilines is 1. The van der Waals surface area contributed by atoms with Crippen LogP contribution in [0.5, 0.6) is 5.88 Å². The number of fused-ring (bicyclic) bond motifs is 1. The zero-order chi connectivity index (χ0) is 15.4. The molecule has 0 radical (unpaired) electrons. The first-order valence-electron chi connectivity index (χ1n) is 6.71. The van der Waals surface area contributed by atoms with Gasteiger partial charge in [-0.3, -0.25) is 4.98 Å². The van der Waals surface area contributed by atoms with Crippen LogP contribution in [0.4, 0.5) is 5.82 Å². The van der Waals surface area contributed by atoms with Gasteiger partial charge in [-0.15, -0.1) is 11.3 Å². The number of nitrogens with one attached hydrogen (secondary N) is 1. The molecule has 0 saturated carbocycles. The molecule has 2 aromatic heterocycles. The zero-order valence-corrected chi connectivity index (χ0v) is 13.2. The molecule has 0 aliphatic carbocycles. The van der Waals surface area contributed by atoms with Gasteiger partial charge in [0.15, 0.2) is 0 Å². The van der Waals surface area contributed by atoms with Crippen LogP contribution in [0, 0.1) is 0 Å². The molecule has 2 heterocycles. The Kier molecular flexibility index (Phi) is 4.72. The molecule has 0 aliphatic heterocycles. The minimum Gasteiger partial charge on any atom is -0.474 e. The summed E-state index contributed by atoms with van der Waals surface area (Å²) in [5.41, 5.74) is 1.16. The van der Waals surface area contributed by atoms with E-state index >= 15 is 0 Å². The van der Waals surface area contributed by atoms with Crippen molar-refractivity contribution in [1.82, 2.24) is 9.97 Å². The molecule has 2 N–H and O–H groups in total. The Bertz CT molecular complexity index is 778. The minimum absolute atomic E-state index is 0.0546. The third-order valence-corrected chi connectivity index (χ3v) is 4.28. The maximum absolute atomic E-state index is 8.75. The fraction of sp³-hybridized carbons (Fsp3) is 0.200. The van der Waals surface area contributed by atoms with E-state index in [0.717, 1.165) is 16.0 Å². The highest BCUT2D eigenvalue weighted by Crippen LogP contribution is 2.29. The average molecular weight is 336 g/mol. The van der Waals surface area contributed by atoms with Crippen molar-refractivity contribution in [3.63, 3.8) is 0 Å². The van der Waals surface area contributed by atoms with Gasteiger partial charge in [0, 0.05) is 16.3 Å². The Morgan fingerprint density at radius 2 is 2.23 bits per heavy atom. The van der Waals surface area contributed by atoms with Crippen LogP contribution in [0.2, 0.25) is 5.02 Å². The van der Waals surface area contributed by atoms with Crippen molar-refractivity contribution in [2.45, 2.75) is 6.54 Å². The maximum Gasteiger partial charge on any atom is 0.234 e. The third kappa shape index (κ3) is 3.47. The monoisotopic (exact) mass is 335 g/mol. The summed E-state index contributed by atoms with van der Waals surface area (Å²) in [4.78, 5) is 8.34. The van der Waals surface area contributed by atoms with Crippen LogP contribution in [0.15, 0.2) is 36.0 Å². The van der Waals surface area contributed by atoms with Gasteiger partial charge in [-0.1, -0.05) is 11.6 Å². The highest BCUT2D eigenvalue weighted by atomic mass is 35.5. The molecule has 7 heteroatoms. The summed E-state index contributed by atoms with van der Waals surface area (Å²) >= 11 is 7.74. The van der Waals surface area contributed by atoms with Crippen molar-refractivity contribution < 1.29 is 9.84 Å². The standard InChI is InChI=1S/C15H14ClN3O2S/c16-11-1-2-13-12(5-11)10(9-22-13)6-18-14-7-17-8-15(19-14)21-4-3-20/h1-2,5,7-9,20H,3-4,6H2,(H,18,19). The highest BCUT2D eigenvalue weighted by Gasteiger charge is 2.06. The molecule has 0 fully saturated rings. The molecule has 5 nitrogen and oxygen atoms in total. The second kappa shape index (κ2) is 6.91. The van der Waals surface area contributed by atoms with E-state index in [-0.39, 0.29) is 13.2 Å². The van der Waals surface area contributed by atoms with Crippen molar-refractivity contribution >= 4 is 38.8 Å². The topological polar surface area (TPSA) is 67.3 Å². The first-order valence-corrected chi connectivity index (χ1v) is 7.97. The number of hydrogen-bond acceptors (Lipinski definition) is 6. The van der Waals surface area contributed by atoms with E-state index in [9.17, 15) is 0 Å². The van der Waals surface area contributed by atoms with Crippen LogP contribution in [-0.4, -0.2) is 28.3 Å². The predicted octanol–water partition coefficient (Wildman–Crippen LogP) is 3.33. The van der Waals surface area contributed by atoms with E-state index in [1.807, 2.05) is 18.2 Å². The number of halogens is 1. The van der Waals surface area contributed by atoms with Gasteiger partial charge in [0.2, 0.25) is 5.88 Å². The van der Waals surface area contributed by atoms with Crippen molar-refractivity contribution in [2.24, 2.45) is 0 Å². The number of aromatic nitrogens is 2. The highest BCUT2D eigenvalue weighted by molar-refractivity contribution is 7.17. The fourth-order valence-corrected chi connectivity index (χ4v) is 3.14. The van der Waals surface area contributed by atoms with Gasteiger partial charge in [0.1, 0.15) is 12.4 Å². The summed E-state index contributed by atoms with van der Waals surface area (Å²) in [5, 5.41) is 15.9. The lowest BCUT2D eigenvalue weighted by molar-refractivity contribution is 0.196. The molecule has 0 saturated heterocycles. The van der Waals surface area contributed by atoms with Crippen molar-refractivity contribution in [2.75, 3.05) is 18.5 Å². The second-order valence-corrected chi connectivity index (χ2v) is 5.92. The molecule has 0 bridgehead atoms. The molecular formula is C15H14ClN3O2S. The lowest BCUT2D eigenvalue weighted by Crippen LogP contribution is -2.06. The van der Waals surface area contributed by atoms with Crippen LogP contribution < -0.4 is 10.1 Å². The zero-order valence-electron chi connectivity index (χ0n) is 11.6. The Hall–Kier alpha value is -1.89. The van der Waals surface area contributed by atoms with E-state index in [1.165, 1.54) is 10.9 Å². The Morgan fingerprint density at radius 3 is 3.09 bits per heavy atom. The molecule has 0 amide bonds. The molecule has 0 unspecified atom stereocenters. The smallest absolute Gasteiger partial charge is 0.234 e. The summed E-state index contributed by atoms with van der Waals surface area (Å²) in [6.07, 6.45) is 3.15. The summed E-state index contributed by atoms with van der Waals surface area (Å²) in [7, 11) is 0. The Labute approximate surface area is 136 Å². The summed E-state index contributed by atoms with van der Waals surface area (Å²) in [6, 6.07) is 5.89. The summed E-state index contributed by atoms with van der Waals surface area (Å²) in [6.45, 7) is 0.769. The molecule has 3 rings (SSSR count). The van der Waals surface area contributed by atoms with Gasteiger partial charge in [0.05, 0.1) is 19.0 Å². The Morgan fingerprint density at radius 1 is 1.32 bits per heavy atom. The summed E-state index contributed by atoms with van der Waals surface area (Å²) < 4.78 is 6.44. The normalized spacial score (nSPS) is 10.8.